The van der Waals surface area contributed by atoms with E-state index in [2.05, 4.69) is 16.0 Å². The maximum Gasteiger partial charge on any atom is 0.416 e. The predicted molar refractivity (Wildman–Crippen MR) is 113 cm³/mol. The molecule has 0 bridgehead atoms. The molecule has 1 aliphatic rings. The largest absolute Gasteiger partial charge is 0.444 e. The van der Waals surface area contributed by atoms with Crippen LogP contribution >= 0.6 is 0 Å². The summed E-state index contributed by atoms with van der Waals surface area (Å²) in [4.78, 5) is 11.6. The summed E-state index contributed by atoms with van der Waals surface area (Å²) in [6, 6.07) is 1.78. The smallest absolute Gasteiger partial charge is 0.416 e. The lowest BCUT2D eigenvalue weighted by Gasteiger charge is -2.30. The molecule has 11 heteroatoms. The van der Waals surface area contributed by atoms with E-state index in [0.29, 0.717) is 31.8 Å². The number of carbonyl (C=O) groups is 1. The molecule has 0 atom stereocenters. The Morgan fingerprint density at radius 2 is 1.45 bits per heavy atom. The van der Waals surface area contributed by atoms with Crippen LogP contribution in [0.15, 0.2) is 18.2 Å². The summed E-state index contributed by atoms with van der Waals surface area (Å²) in [6.45, 7) is 6.61. The average molecular weight is 483 g/mol. The minimum Gasteiger partial charge on any atom is -0.444 e. The molecule has 1 aliphatic carbocycles. The number of amides is 1. The van der Waals surface area contributed by atoms with E-state index in [-0.39, 0.29) is 23.7 Å². The Bertz CT molecular complexity index is 750. The molecule has 188 valence electrons. The molecule has 0 saturated heterocycles. The van der Waals surface area contributed by atoms with Crippen LogP contribution in [0, 0.1) is 5.92 Å². The molecule has 1 saturated carbocycles. The number of anilines is 1. The number of hydrogen-bond donors (Lipinski definition) is 3. The van der Waals surface area contributed by atoms with Crippen LogP contribution in [0.4, 0.5) is 36.8 Å². The Kier molecular flexibility index (Phi) is 8.89. The summed E-state index contributed by atoms with van der Waals surface area (Å²) in [5, 5.41) is 8.76. The van der Waals surface area contributed by atoms with Crippen LogP contribution < -0.4 is 16.0 Å². The molecule has 0 aromatic heterocycles. The van der Waals surface area contributed by atoms with Crippen molar-refractivity contribution >= 4 is 11.8 Å². The quantitative estimate of drug-likeness (QED) is 0.338. The standard InChI is InChI=1S/C22H31F6N3O2/c1-20(2,3)33-19(32)30-9-8-29-17-6-4-14(5-7-17)13-31-18-11-15(21(23,24)25)10-16(12-18)22(26,27)28/h10-12,14,17,29,31H,4-9,13H2,1-3H3,(H,30,32). The van der Waals surface area contributed by atoms with Gasteiger partial charge in [-0.1, -0.05) is 0 Å². The molecule has 1 aromatic rings. The molecule has 0 heterocycles. The van der Waals surface area contributed by atoms with Crippen molar-refractivity contribution in [2.24, 2.45) is 5.92 Å². The maximum absolute atomic E-state index is 13.0. The Balaban J connectivity index is 1.77. The highest BCUT2D eigenvalue weighted by atomic mass is 19.4. The lowest BCUT2D eigenvalue weighted by molar-refractivity contribution is -0.143. The van der Waals surface area contributed by atoms with E-state index in [0.717, 1.165) is 25.7 Å². The summed E-state index contributed by atoms with van der Waals surface area (Å²) < 4.78 is 83.1. The summed E-state index contributed by atoms with van der Waals surface area (Å²) in [7, 11) is 0. The molecule has 1 amide bonds. The van der Waals surface area contributed by atoms with Crippen LogP contribution in [0.1, 0.15) is 57.6 Å². The van der Waals surface area contributed by atoms with Crippen LogP contribution in [0.25, 0.3) is 0 Å². The average Bonchev–Trinajstić information content (AvgIpc) is 2.67. The Morgan fingerprint density at radius 1 is 0.909 bits per heavy atom. The molecule has 0 aliphatic heterocycles. The van der Waals surface area contributed by atoms with Gasteiger partial charge in [0.1, 0.15) is 5.60 Å². The first-order valence-electron chi connectivity index (χ1n) is 10.9. The highest BCUT2D eigenvalue weighted by Crippen LogP contribution is 2.37. The first kappa shape index (κ1) is 27.1. The minimum atomic E-state index is -4.86. The van der Waals surface area contributed by atoms with E-state index in [9.17, 15) is 31.1 Å². The number of nitrogens with one attached hydrogen (secondary N) is 3. The van der Waals surface area contributed by atoms with Gasteiger partial charge in [0.15, 0.2) is 0 Å². The third kappa shape index (κ3) is 9.69. The third-order valence-electron chi connectivity index (χ3n) is 5.26. The van der Waals surface area contributed by atoms with Crippen LogP contribution in [-0.2, 0) is 17.1 Å². The van der Waals surface area contributed by atoms with E-state index in [4.69, 9.17) is 4.74 Å². The van der Waals surface area contributed by atoms with Crippen LogP contribution in [0.2, 0.25) is 0 Å². The van der Waals surface area contributed by atoms with Crippen molar-refractivity contribution in [2.45, 2.75) is 70.4 Å². The van der Waals surface area contributed by atoms with Crippen molar-refractivity contribution in [3.63, 3.8) is 0 Å². The van der Waals surface area contributed by atoms with Gasteiger partial charge in [-0.2, -0.15) is 26.3 Å². The molecule has 3 N–H and O–H groups in total. The van der Waals surface area contributed by atoms with E-state index in [1.54, 1.807) is 20.8 Å². The number of alkyl halides is 6. The van der Waals surface area contributed by atoms with Crippen molar-refractivity contribution in [3.8, 4) is 0 Å². The predicted octanol–water partition coefficient (Wildman–Crippen LogP) is 5.81. The van der Waals surface area contributed by atoms with E-state index >= 15 is 0 Å². The topological polar surface area (TPSA) is 62.4 Å². The van der Waals surface area contributed by atoms with Gasteiger partial charge in [-0.3, -0.25) is 0 Å². The van der Waals surface area contributed by atoms with Crippen molar-refractivity contribution in [1.82, 2.24) is 10.6 Å². The zero-order valence-corrected chi connectivity index (χ0v) is 18.9. The summed E-state index contributed by atoms with van der Waals surface area (Å²) in [5.41, 5.74) is -3.40. The molecule has 1 fully saturated rings. The number of halogens is 6. The zero-order valence-electron chi connectivity index (χ0n) is 18.9. The molecule has 33 heavy (non-hydrogen) atoms. The van der Waals surface area contributed by atoms with E-state index < -0.39 is 35.2 Å². The molecular weight excluding hydrogens is 452 g/mol. The number of hydrogen-bond acceptors (Lipinski definition) is 4. The first-order chi connectivity index (χ1) is 15.1. The number of benzene rings is 1. The Labute approximate surface area is 189 Å². The molecule has 0 radical (unpaired) electrons. The number of rotatable bonds is 7. The van der Waals surface area contributed by atoms with Crippen molar-refractivity contribution in [1.29, 1.82) is 0 Å². The SMILES string of the molecule is CC(C)(C)OC(=O)NCCNC1CCC(CNc2cc(C(F)(F)F)cc(C(F)(F)F)c2)CC1. The normalized spacial score (nSPS) is 19.8. The molecular formula is C22H31F6N3O2. The molecule has 1 aromatic carbocycles. The van der Waals surface area contributed by atoms with Gasteiger partial charge in [-0.15, -0.1) is 0 Å². The van der Waals surface area contributed by atoms with E-state index in [1.807, 2.05) is 0 Å². The summed E-state index contributed by atoms with van der Waals surface area (Å²) in [6.07, 6.45) is -6.98. The van der Waals surface area contributed by atoms with Gasteiger partial charge in [0.05, 0.1) is 11.1 Å². The highest BCUT2D eigenvalue weighted by Gasteiger charge is 2.37. The second-order valence-electron chi connectivity index (χ2n) is 9.28. The molecule has 2 rings (SSSR count). The van der Waals surface area contributed by atoms with Crippen molar-refractivity contribution in [2.75, 3.05) is 25.0 Å². The monoisotopic (exact) mass is 483 g/mol. The molecule has 0 unspecified atom stereocenters. The summed E-state index contributed by atoms with van der Waals surface area (Å²) >= 11 is 0. The molecule has 0 spiro atoms. The van der Waals surface area contributed by atoms with Gasteiger partial charge in [0.2, 0.25) is 0 Å². The van der Waals surface area contributed by atoms with Gasteiger partial charge in [-0.25, -0.2) is 4.79 Å². The lowest BCUT2D eigenvalue weighted by atomic mass is 9.86. The fraction of sp³-hybridized carbons (Fsp3) is 0.682. The minimum absolute atomic E-state index is 0.125. The van der Waals surface area contributed by atoms with Crippen molar-refractivity contribution in [3.05, 3.63) is 29.3 Å². The fourth-order valence-corrected chi connectivity index (χ4v) is 3.64. The van der Waals surface area contributed by atoms with E-state index in [1.165, 1.54) is 0 Å². The van der Waals surface area contributed by atoms with Gasteiger partial charge < -0.3 is 20.7 Å². The zero-order chi connectivity index (χ0) is 24.9. The first-order valence-corrected chi connectivity index (χ1v) is 10.9. The second-order valence-corrected chi connectivity index (χ2v) is 9.28. The highest BCUT2D eigenvalue weighted by molar-refractivity contribution is 5.67. The second kappa shape index (κ2) is 10.8. The lowest BCUT2D eigenvalue weighted by Crippen LogP contribution is -2.40. The van der Waals surface area contributed by atoms with Gasteiger partial charge in [-0.05, 0) is 70.6 Å². The third-order valence-corrected chi connectivity index (χ3v) is 5.26. The van der Waals surface area contributed by atoms with Gasteiger partial charge >= 0.3 is 18.4 Å². The van der Waals surface area contributed by atoms with Crippen molar-refractivity contribution < 1.29 is 35.9 Å². The van der Waals surface area contributed by atoms with Crippen LogP contribution in [0.5, 0.6) is 0 Å². The Hall–Kier alpha value is -2.17. The molecule has 5 nitrogen and oxygen atoms in total. The maximum atomic E-state index is 13.0. The number of carbonyl (C=O) groups excluding carboxylic acids is 1. The van der Waals surface area contributed by atoms with Crippen LogP contribution in [0.3, 0.4) is 0 Å². The van der Waals surface area contributed by atoms with Gasteiger partial charge in [0, 0.05) is 31.4 Å². The van der Waals surface area contributed by atoms with Gasteiger partial charge in [0.25, 0.3) is 0 Å². The fourth-order valence-electron chi connectivity index (χ4n) is 3.64. The number of ether oxygens (including phenoxy) is 1. The Morgan fingerprint density at radius 3 is 1.94 bits per heavy atom. The van der Waals surface area contributed by atoms with Crippen LogP contribution in [-0.4, -0.2) is 37.4 Å². The summed E-state index contributed by atoms with van der Waals surface area (Å²) in [5.74, 6) is 0.145. The number of alkyl carbamates (subject to hydrolysis) is 1.